The average molecular weight is 251 g/mol. The van der Waals surface area contributed by atoms with Crippen LogP contribution in [0.2, 0.25) is 0 Å². The van der Waals surface area contributed by atoms with Crippen LogP contribution in [0.3, 0.4) is 0 Å². The molecule has 0 aliphatic carbocycles. The Morgan fingerprint density at radius 3 is 2.50 bits per heavy atom. The third-order valence-corrected chi connectivity index (χ3v) is 3.82. The zero-order chi connectivity index (χ0) is 12.4. The van der Waals surface area contributed by atoms with Crippen molar-refractivity contribution in [2.45, 2.75) is 57.5 Å². The van der Waals surface area contributed by atoms with Crippen LogP contribution < -0.4 is 5.32 Å². The second-order valence-electron chi connectivity index (χ2n) is 5.06. The molecule has 2 aliphatic heterocycles. The molecule has 0 radical (unpaired) electrons. The minimum atomic E-state index is -4.92. The maximum absolute atomic E-state index is 8.63. The SMILES string of the molecule is CC1CCC2CCCC1(C)N2.O=S(=O)([O-])O.[H+]. The number of hydrogen-bond donors (Lipinski definition) is 2. The Morgan fingerprint density at radius 1 is 1.44 bits per heavy atom. The molecule has 0 aromatic carbocycles. The van der Waals surface area contributed by atoms with E-state index in [1.807, 2.05) is 0 Å². The molecule has 2 rings (SSSR count). The molecule has 2 saturated heterocycles. The monoisotopic (exact) mass is 251 g/mol. The lowest BCUT2D eigenvalue weighted by molar-refractivity contribution is 0.100. The maximum atomic E-state index is 8.63. The topological polar surface area (TPSA) is 89.5 Å². The van der Waals surface area contributed by atoms with Crippen molar-refractivity contribution in [1.82, 2.24) is 5.32 Å². The van der Waals surface area contributed by atoms with E-state index >= 15 is 0 Å². The van der Waals surface area contributed by atoms with Crippen LogP contribution in [0.5, 0.6) is 0 Å². The highest BCUT2D eigenvalue weighted by molar-refractivity contribution is 7.79. The minimum Gasteiger partial charge on any atom is -0.726 e. The van der Waals surface area contributed by atoms with Gasteiger partial charge in [-0.25, -0.2) is 8.42 Å². The summed E-state index contributed by atoms with van der Waals surface area (Å²) in [5.41, 5.74) is 0.487. The van der Waals surface area contributed by atoms with Crippen LogP contribution in [-0.2, 0) is 10.4 Å². The molecule has 2 heterocycles. The van der Waals surface area contributed by atoms with Gasteiger partial charge in [-0.15, -0.1) is 0 Å². The summed E-state index contributed by atoms with van der Waals surface area (Å²) in [6, 6.07) is 0.852. The number of hydrogen-bond acceptors (Lipinski definition) is 4. The zero-order valence-electron chi connectivity index (χ0n) is 10.8. The Balaban J connectivity index is 0.000000373. The summed E-state index contributed by atoms with van der Waals surface area (Å²) in [7, 11) is -4.92. The lowest BCUT2D eigenvalue weighted by Crippen LogP contribution is -2.58. The highest BCUT2D eigenvalue weighted by Crippen LogP contribution is 2.37. The molecule has 2 aliphatic rings. The lowest BCUT2D eigenvalue weighted by Gasteiger charge is -2.48. The summed E-state index contributed by atoms with van der Waals surface area (Å²) in [4.78, 5) is 0. The molecule has 0 aromatic rings. The predicted molar refractivity (Wildman–Crippen MR) is 61.0 cm³/mol. The molecule has 2 bridgehead atoms. The van der Waals surface area contributed by atoms with Crippen molar-refractivity contribution in [1.29, 1.82) is 0 Å². The first-order valence-electron chi connectivity index (χ1n) is 5.67. The van der Waals surface area contributed by atoms with Crippen molar-refractivity contribution in [3.63, 3.8) is 0 Å². The molecular weight excluding hydrogens is 230 g/mol. The third-order valence-electron chi connectivity index (χ3n) is 3.82. The molecule has 0 saturated carbocycles. The third kappa shape index (κ3) is 4.37. The van der Waals surface area contributed by atoms with Gasteiger partial charge in [-0.05, 0) is 38.5 Å². The second kappa shape index (κ2) is 5.00. The summed E-state index contributed by atoms with van der Waals surface area (Å²) in [5.74, 6) is 0.888. The van der Waals surface area contributed by atoms with Crippen LogP contribution in [0.15, 0.2) is 0 Å². The zero-order valence-corrected chi connectivity index (χ0v) is 10.6. The summed E-state index contributed by atoms with van der Waals surface area (Å²) < 4.78 is 32.8. The molecule has 3 atom stereocenters. The Bertz CT molecular complexity index is 327. The van der Waals surface area contributed by atoms with Gasteiger partial charge in [0, 0.05) is 11.6 Å². The highest BCUT2D eigenvalue weighted by Gasteiger charge is 2.39. The fourth-order valence-electron chi connectivity index (χ4n) is 2.70. The molecule has 5 nitrogen and oxygen atoms in total. The number of fused-ring (bicyclic) bond motifs is 2. The molecule has 16 heavy (non-hydrogen) atoms. The van der Waals surface area contributed by atoms with Gasteiger partial charge >= 0.3 is 1.43 Å². The normalized spacial score (nSPS) is 38.5. The standard InChI is InChI=1S/C10H19N.H2O4S/c1-8-5-6-9-4-3-7-10(8,2)11-9;1-5(2,3)4/h8-9,11H,3-7H2,1-2H3;(H2,1,2,3,4). The van der Waals surface area contributed by atoms with Gasteiger partial charge in [0.15, 0.2) is 0 Å². The van der Waals surface area contributed by atoms with E-state index in [1.54, 1.807) is 0 Å². The van der Waals surface area contributed by atoms with E-state index in [4.69, 9.17) is 17.5 Å². The van der Waals surface area contributed by atoms with Crippen molar-refractivity contribution in [3.8, 4) is 0 Å². The summed E-state index contributed by atoms with van der Waals surface area (Å²) >= 11 is 0. The van der Waals surface area contributed by atoms with Crippen LogP contribution in [0.4, 0.5) is 0 Å². The van der Waals surface area contributed by atoms with Gasteiger partial charge in [0.1, 0.15) is 0 Å². The fraction of sp³-hybridized carbons (Fsp3) is 1.00. The molecule has 2 fully saturated rings. The molecule has 96 valence electrons. The quantitative estimate of drug-likeness (QED) is 0.502. The van der Waals surface area contributed by atoms with E-state index < -0.39 is 10.4 Å². The maximum Gasteiger partial charge on any atom is 1.00 e. The second-order valence-corrected chi connectivity index (χ2v) is 5.91. The molecule has 3 unspecified atom stereocenters. The molecule has 2 N–H and O–H groups in total. The lowest BCUT2D eigenvalue weighted by atomic mass is 9.71. The van der Waals surface area contributed by atoms with Crippen molar-refractivity contribution < 1.29 is 18.9 Å². The van der Waals surface area contributed by atoms with Crippen molar-refractivity contribution in [3.05, 3.63) is 0 Å². The largest absolute Gasteiger partial charge is 1.00 e. The summed E-state index contributed by atoms with van der Waals surface area (Å²) in [6.07, 6.45) is 7.11. The van der Waals surface area contributed by atoms with Crippen LogP contribution in [0.25, 0.3) is 0 Å². The molecule has 0 amide bonds. The molecule has 0 spiro atoms. The summed E-state index contributed by atoms with van der Waals surface area (Å²) in [5, 5.41) is 3.78. The Morgan fingerprint density at radius 2 is 2.00 bits per heavy atom. The minimum absolute atomic E-state index is 0. The Hall–Kier alpha value is -0.170. The van der Waals surface area contributed by atoms with Gasteiger partial charge < -0.3 is 9.87 Å². The summed E-state index contributed by atoms with van der Waals surface area (Å²) in [6.45, 7) is 4.80. The van der Waals surface area contributed by atoms with Crippen LogP contribution in [0.1, 0.15) is 47.4 Å². The Labute approximate surface area is 98.7 Å². The average Bonchev–Trinajstić information content (AvgIpc) is 2.10. The fourth-order valence-corrected chi connectivity index (χ4v) is 2.70. The van der Waals surface area contributed by atoms with Gasteiger partial charge in [0.25, 0.3) is 0 Å². The van der Waals surface area contributed by atoms with E-state index in [9.17, 15) is 0 Å². The molecular formula is C10H21NO4S. The van der Waals surface area contributed by atoms with E-state index in [1.165, 1.54) is 32.1 Å². The van der Waals surface area contributed by atoms with Gasteiger partial charge in [0.05, 0.1) is 0 Å². The van der Waals surface area contributed by atoms with E-state index in [0.29, 0.717) is 5.54 Å². The highest BCUT2D eigenvalue weighted by atomic mass is 32.3. The predicted octanol–water partition coefficient (Wildman–Crippen LogP) is 1.43. The smallest absolute Gasteiger partial charge is 0.726 e. The van der Waals surface area contributed by atoms with Crippen LogP contribution >= 0.6 is 0 Å². The first-order valence-corrected chi connectivity index (χ1v) is 7.03. The van der Waals surface area contributed by atoms with Crippen molar-refractivity contribution in [2.24, 2.45) is 5.92 Å². The van der Waals surface area contributed by atoms with Crippen molar-refractivity contribution in [2.75, 3.05) is 0 Å². The van der Waals surface area contributed by atoms with E-state index in [0.717, 1.165) is 12.0 Å². The Kier molecular flexibility index (Phi) is 4.34. The first-order chi connectivity index (χ1) is 7.21. The van der Waals surface area contributed by atoms with Crippen molar-refractivity contribution >= 4 is 10.4 Å². The molecule has 0 aromatic heterocycles. The van der Waals surface area contributed by atoms with Gasteiger partial charge in [0.2, 0.25) is 10.4 Å². The number of rotatable bonds is 0. The first kappa shape index (κ1) is 13.9. The van der Waals surface area contributed by atoms with Gasteiger partial charge in [-0.3, -0.25) is 4.55 Å². The van der Waals surface area contributed by atoms with E-state index in [-0.39, 0.29) is 1.43 Å². The van der Waals surface area contributed by atoms with E-state index in [2.05, 4.69) is 19.2 Å². The van der Waals surface area contributed by atoms with Gasteiger partial charge in [-0.1, -0.05) is 13.3 Å². The van der Waals surface area contributed by atoms with Crippen LogP contribution in [-0.4, -0.2) is 29.1 Å². The molecule has 6 heteroatoms. The van der Waals surface area contributed by atoms with Crippen LogP contribution in [0, 0.1) is 5.92 Å². The number of piperidine rings is 2. The number of nitrogens with one attached hydrogen (secondary N) is 1. The van der Waals surface area contributed by atoms with Gasteiger partial charge in [-0.2, -0.15) is 0 Å².